The van der Waals surface area contributed by atoms with E-state index in [1.54, 1.807) is 31.4 Å². The summed E-state index contributed by atoms with van der Waals surface area (Å²) in [6, 6.07) is 7.14. The van der Waals surface area contributed by atoms with Crippen molar-refractivity contribution in [2.45, 2.75) is 19.4 Å². The van der Waals surface area contributed by atoms with Crippen LogP contribution in [0.3, 0.4) is 0 Å². The molecule has 0 radical (unpaired) electrons. The monoisotopic (exact) mass is 292 g/mol. The average molecular weight is 292 g/mol. The van der Waals surface area contributed by atoms with Crippen LogP contribution in [-0.4, -0.2) is 56.3 Å². The molecule has 1 aliphatic heterocycles. The van der Waals surface area contributed by atoms with Gasteiger partial charge in [0, 0.05) is 30.7 Å². The first-order valence-electron chi connectivity index (χ1n) is 7.27. The standard InChI is InChI=1S/C16H24N2O3/c1-16(2,12-18-8-10-21-11-9-18)17-15(19)13-4-6-14(20-3)7-5-13/h4-7H,8-12H2,1-3H3,(H,17,19). The Morgan fingerprint density at radius 2 is 1.90 bits per heavy atom. The number of carbonyl (C=O) groups excluding carboxylic acids is 1. The predicted molar refractivity (Wildman–Crippen MR) is 81.8 cm³/mol. The Kier molecular flexibility index (Phi) is 5.20. The van der Waals surface area contributed by atoms with Crippen molar-refractivity contribution in [2.75, 3.05) is 40.0 Å². The molecule has 1 amide bonds. The summed E-state index contributed by atoms with van der Waals surface area (Å²) in [5.74, 6) is 0.690. The predicted octanol–water partition coefficient (Wildman–Crippen LogP) is 1.54. The minimum absolute atomic E-state index is 0.0593. The minimum atomic E-state index is -0.283. The van der Waals surface area contributed by atoms with E-state index in [1.165, 1.54) is 0 Å². The number of amides is 1. The van der Waals surface area contributed by atoms with Crippen molar-refractivity contribution in [1.29, 1.82) is 0 Å². The van der Waals surface area contributed by atoms with Gasteiger partial charge < -0.3 is 14.8 Å². The van der Waals surface area contributed by atoms with Gasteiger partial charge >= 0.3 is 0 Å². The van der Waals surface area contributed by atoms with Crippen LogP contribution in [0.4, 0.5) is 0 Å². The van der Waals surface area contributed by atoms with Gasteiger partial charge in [0.1, 0.15) is 5.75 Å². The SMILES string of the molecule is COc1ccc(C(=O)NC(C)(C)CN2CCOCC2)cc1. The molecule has 1 N–H and O–H groups in total. The maximum absolute atomic E-state index is 12.3. The summed E-state index contributed by atoms with van der Waals surface area (Å²) in [5.41, 5.74) is 0.361. The fourth-order valence-electron chi connectivity index (χ4n) is 2.48. The van der Waals surface area contributed by atoms with Crippen molar-refractivity contribution < 1.29 is 14.3 Å². The molecule has 0 spiro atoms. The number of ether oxygens (including phenoxy) is 2. The van der Waals surface area contributed by atoms with Crippen LogP contribution in [-0.2, 0) is 4.74 Å². The Bertz CT molecular complexity index is 465. The number of methoxy groups -OCH3 is 1. The quantitative estimate of drug-likeness (QED) is 0.894. The van der Waals surface area contributed by atoms with Gasteiger partial charge in [0.05, 0.1) is 20.3 Å². The number of nitrogens with zero attached hydrogens (tertiary/aromatic N) is 1. The summed E-state index contributed by atoms with van der Waals surface area (Å²) < 4.78 is 10.4. The van der Waals surface area contributed by atoms with Gasteiger partial charge in [0.15, 0.2) is 0 Å². The lowest BCUT2D eigenvalue weighted by Crippen LogP contribution is -2.53. The van der Waals surface area contributed by atoms with Gasteiger partial charge in [-0.2, -0.15) is 0 Å². The smallest absolute Gasteiger partial charge is 0.251 e. The summed E-state index contributed by atoms with van der Waals surface area (Å²) >= 11 is 0. The maximum Gasteiger partial charge on any atom is 0.251 e. The normalized spacial score (nSPS) is 16.5. The molecule has 0 atom stereocenters. The largest absolute Gasteiger partial charge is 0.497 e. The summed E-state index contributed by atoms with van der Waals surface area (Å²) in [4.78, 5) is 14.6. The van der Waals surface area contributed by atoms with E-state index in [0.29, 0.717) is 5.56 Å². The van der Waals surface area contributed by atoms with E-state index < -0.39 is 0 Å². The molecule has 21 heavy (non-hydrogen) atoms. The molecule has 1 aromatic carbocycles. The van der Waals surface area contributed by atoms with Crippen molar-refractivity contribution in [1.82, 2.24) is 10.2 Å². The molecule has 0 aliphatic carbocycles. The van der Waals surface area contributed by atoms with E-state index in [4.69, 9.17) is 9.47 Å². The lowest BCUT2D eigenvalue weighted by molar-refractivity contribution is 0.0269. The molecule has 5 heteroatoms. The first kappa shape index (κ1) is 15.8. The van der Waals surface area contributed by atoms with Crippen molar-refractivity contribution in [3.05, 3.63) is 29.8 Å². The lowest BCUT2D eigenvalue weighted by atomic mass is 10.0. The van der Waals surface area contributed by atoms with Gasteiger partial charge in [-0.05, 0) is 38.1 Å². The van der Waals surface area contributed by atoms with Crippen LogP contribution in [0.2, 0.25) is 0 Å². The van der Waals surface area contributed by atoms with Crippen molar-refractivity contribution >= 4 is 5.91 Å². The van der Waals surface area contributed by atoms with E-state index in [0.717, 1.165) is 38.6 Å². The Labute approximate surface area is 126 Å². The van der Waals surface area contributed by atoms with E-state index >= 15 is 0 Å². The Balaban J connectivity index is 1.92. The molecule has 0 saturated carbocycles. The zero-order valence-corrected chi connectivity index (χ0v) is 13.0. The Morgan fingerprint density at radius 1 is 1.29 bits per heavy atom. The zero-order chi connectivity index (χ0) is 15.3. The van der Waals surface area contributed by atoms with Crippen molar-refractivity contribution in [3.8, 4) is 5.75 Å². The Hall–Kier alpha value is -1.59. The molecular weight excluding hydrogens is 268 g/mol. The topological polar surface area (TPSA) is 50.8 Å². The molecule has 0 aromatic heterocycles. The van der Waals surface area contributed by atoms with Gasteiger partial charge in [0.2, 0.25) is 0 Å². The molecule has 1 aromatic rings. The van der Waals surface area contributed by atoms with Crippen LogP contribution in [0.5, 0.6) is 5.75 Å². The second kappa shape index (κ2) is 6.91. The fraction of sp³-hybridized carbons (Fsp3) is 0.562. The second-order valence-electron chi connectivity index (χ2n) is 5.96. The third kappa shape index (κ3) is 4.72. The molecule has 0 bridgehead atoms. The zero-order valence-electron chi connectivity index (χ0n) is 13.0. The maximum atomic E-state index is 12.3. The third-order valence-corrected chi connectivity index (χ3v) is 3.53. The molecule has 2 rings (SSSR count). The fourth-order valence-corrected chi connectivity index (χ4v) is 2.48. The van der Waals surface area contributed by atoms with E-state index in [1.807, 2.05) is 13.8 Å². The molecule has 1 aliphatic rings. The second-order valence-corrected chi connectivity index (χ2v) is 5.96. The minimum Gasteiger partial charge on any atom is -0.497 e. The van der Waals surface area contributed by atoms with Crippen molar-refractivity contribution in [3.63, 3.8) is 0 Å². The first-order chi connectivity index (χ1) is 10.00. The number of hydrogen-bond donors (Lipinski definition) is 1. The highest BCUT2D eigenvalue weighted by molar-refractivity contribution is 5.94. The van der Waals surface area contributed by atoms with Crippen LogP contribution in [0, 0.1) is 0 Å². The molecule has 1 fully saturated rings. The van der Waals surface area contributed by atoms with Crippen LogP contribution >= 0.6 is 0 Å². The highest BCUT2D eigenvalue weighted by Crippen LogP contribution is 2.13. The van der Waals surface area contributed by atoms with Gasteiger partial charge in [0.25, 0.3) is 5.91 Å². The molecular formula is C16H24N2O3. The lowest BCUT2D eigenvalue weighted by Gasteiger charge is -2.35. The summed E-state index contributed by atoms with van der Waals surface area (Å²) in [6.45, 7) is 8.28. The van der Waals surface area contributed by atoms with Gasteiger partial charge in [-0.25, -0.2) is 0 Å². The van der Waals surface area contributed by atoms with Crippen molar-refractivity contribution in [2.24, 2.45) is 0 Å². The van der Waals surface area contributed by atoms with E-state index in [9.17, 15) is 4.79 Å². The Morgan fingerprint density at radius 3 is 2.48 bits per heavy atom. The summed E-state index contributed by atoms with van der Waals surface area (Å²) in [6.07, 6.45) is 0. The summed E-state index contributed by atoms with van der Waals surface area (Å²) in [5, 5.41) is 3.10. The molecule has 0 unspecified atom stereocenters. The van der Waals surface area contributed by atoms with E-state index in [-0.39, 0.29) is 11.4 Å². The number of carbonyl (C=O) groups is 1. The molecule has 1 heterocycles. The number of benzene rings is 1. The highest BCUT2D eigenvalue weighted by Gasteiger charge is 2.25. The number of nitrogens with one attached hydrogen (secondary N) is 1. The van der Waals surface area contributed by atoms with Gasteiger partial charge in [-0.3, -0.25) is 9.69 Å². The van der Waals surface area contributed by atoms with Crippen LogP contribution < -0.4 is 10.1 Å². The molecule has 116 valence electrons. The highest BCUT2D eigenvalue weighted by atomic mass is 16.5. The molecule has 1 saturated heterocycles. The molecule has 5 nitrogen and oxygen atoms in total. The summed E-state index contributed by atoms with van der Waals surface area (Å²) in [7, 11) is 1.61. The number of morpholine rings is 1. The first-order valence-corrected chi connectivity index (χ1v) is 7.27. The number of hydrogen-bond acceptors (Lipinski definition) is 4. The van der Waals surface area contributed by atoms with Gasteiger partial charge in [-0.1, -0.05) is 0 Å². The number of rotatable bonds is 5. The average Bonchev–Trinajstić information content (AvgIpc) is 2.47. The van der Waals surface area contributed by atoms with Crippen LogP contribution in [0.15, 0.2) is 24.3 Å². The van der Waals surface area contributed by atoms with Gasteiger partial charge in [-0.15, -0.1) is 0 Å². The van der Waals surface area contributed by atoms with E-state index in [2.05, 4.69) is 10.2 Å². The van der Waals surface area contributed by atoms with Crippen LogP contribution in [0.1, 0.15) is 24.2 Å². The van der Waals surface area contributed by atoms with Crippen LogP contribution in [0.25, 0.3) is 0 Å². The third-order valence-electron chi connectivity index (χ3n) is 3.53.